The molecule has 2 aromatic rings. The second kappa shape index (κ2) is 11.1. The lowest BCUT2D eigenvalue weighted by Crippen LogP contribution is -2.57. The van der Waals surface area contributed by atoms with Crippen molar-refractivity contribution >= 4 is 23.6 Å². The Labute approximate surface area is 215 Å². The fraction of sp³-hybridized carbons (Fsp3) is 0.483. The molecule has 0 bridgehead atoms. The molecule has 0 radical (unpaired) electrons. The summed E-state index contributed by atoms with van der Waals surface area (Å²) in [6.45, 7) is 18.3. The maximum absolute atomic E-state index is 13.9. The van der Waals surface area contributed by atoms with Crippen LogP contribution >= 0.6 is 0 Å². The molecule has 36 heavy (non-hydrogen) atoms. The summed E-state index contributed by atoms with van der Waals surface area (Å²) in [6.07, 6.45) is -0.690. The van der Waals surface area contributed by atoms with Crippen molar-refractivity contribution in [2.24, 2.45) is 0 Å². The van der Waals surface area contributed by atoms with E-state index in [0.717, 1.165) is 22.3 Å². The fourth-order valence-corrected chi connectivity index (χ4v) is 3.97. The summed E-state index contributed by atoms with van der Waals surface area (Å²) < 4.78 is 5.34. The molecule has 0 spiro atoms. The van der Waals surface area contributed by atoms with E-state index >= 15 is 0 Å². The Morgan fingerprint density at radius 1 is 0.889 bits per heavy atom. The zero-order valence-electron chi connectivity index (χ0n) is 23.3. The van der Waals surface area contributed by atoms with Crippen molar-refractivity contribution in [3.8, 4) is 0 Å². The highest BCUT2D eigenvalue weighted by Crippen LogP contribution is 2.33. The standard InChI is InChI=1S/C29H41N3O4/c1-18-15-16-19(2)22(17-18)24(25(33)31-23-14-12-11-13-20(23)3)32(28(5,6)7)26(34)21(4)30-27(35)36-29(8,9)10/h11-17,21,24H,1-10H3,(H,30,35)(H,31,33). The van der Waals surface area contributed by atoms with E-state index in [4.69, 9.17) is 4.74 Å². The van der Waals surface area contributed by atoms with Gasteiger partial charge in [0.15, 0.2) is 0 Å². The number of carbonyl (C=O) groups is 3. The number of carbonyl (C=O) groups excluding carboxylic acids is 3. The summed E-state index contributed by atoms with van der Waals surface area (Å²) >= 11 is 0. The summed E-state index contributed by atoms with van der Waals surface area (Å²) in [5.41, 5.74) is 2.74. The minimum Gasteiger partial charge on any atom is -0.444 e. The van der Waals surface area contributed by atoms with Crippen molar-refractivity contribution in [3.05, 3.63) is 64.7 Å². The average Bonchev–Trinajstić information content (AvgIpc) is 2.72. The number of rotatable bonds is 6. The van der Waals surface area contributed by atoms with E-state index in [9.17, 15) is 14.4 Å². The maximum Gasteiger partial charge on any atom is 0.408 e. The topological polar surface area (TPSA) is 87.7 Å². The van der Waals surface area contributed by atoms with Crippen LogP contribution in [-0.2, 0) is 14.3 Å². The van der Waals surface area contributed by atoms with Crippen LogP contribution in [0.15, 0.2) is 42.5 Å². The van der Waals surface area contributed by atoms with Gasteiger partial charge in [-0.05, 0) is 92.0 Å². The van der Waals surface area contributed by atoms with Gasteiger partial charge in [0, 0.05) is 11.2 Å². The van der Waals surface area contributed by atoms with Crippen LogP contribution in [0.25, 0.3) is 0 Å². The minimum atomic E-state index is -0.931. The van der Waals surface area contributed by atoms with E-state index in [2.05, 4.69) is 10.6 Å². The summed E-state index contributed by atoms with van der Waals surface area (Å²) in [5, 5.41) is 5.66. The number of aryl methyl sites for hydroxylation is 3. The Bertz CT molecular complexity index is 1110. The molecule has 7 nitrogen and oxygen atoms in total. The first-order valence-electron chi connectivity index (χ1n) is 12.3. The van der Waals surface area contributed by atoms with Crippen LogP contribution in [-0.4, -0.2) is 40.0 Å². The number of alkyl carbamates (subject to hydrolysis) is 1. The third-order valence-corrected chi connectivity index (χ3v) is 5.70. The van der Waals surface area contributed by atoms with Crippen molar-refractivity contribution in [2.75, 3.05) is 5.32 Å². The molecule has 0 aromatic heterocycles. The molecule has 2 unspecified atom stereocenters. The van der Waals surface area contributed by atoms with Gasteiger partial charge in [0.2, 0.25) is 5.91 Å². The molecule has 0 fully saturated rings. The van der Waals surface area contributed by atoms with E-state index in [0.29, 0.717) is 5.69 Å². The van der Waals surface area contributed by atoms with Gasteiger partial charge in [-0.1, -0.05) is 42.0 Å². The molecule has 0 saturated heterocycles. The first kappa shape index (κ1) is 28.9. The maximum atomic E-state index is 13.9. The summed E-state index contributed by atoms with van der Waals surface area (Å²) in [5.74, 6) is -0.718. The predicted molar refractivity (Wildman–Crippen MR) is 144 cm³/mol. The van der Waals surface area contributed by atoms with Gasteiger partial charge in [-0.15, -0.1) is 0 Å². The molecule has 2 rings (SSSR count). The van der Waals surface area contributed by atoms with Crippen LogP contribution in [0.5, 0.6) is 0 Å². The van der Waals surface area contributed by atoms with Crippen LogP contribution in [0.3, 0.4) is 0 Å². The molecule has 196 valence electrons. The summed E-state index contributed by atoms with van der Waals surface area (Å²) in [6, 6.07) is 11.5. The van der Waals surface area contributed by atoms with E-state index in [1.54, 1.807) is 32.6 Å². The van der Waals surface area contributed by atoms with E-state index in [1.165, 1.54) is 0 Å². The van der Waals surface area contributed by atoms with Crippen LogP contribution in [0, 0.1) is 20.8 Å². The SMILES string of the molecule is Cc1ccc(C)c(C(C(=O)Nc2ccccc2C)N(C(=O)C(C)NC(=O)OC(C)(C)C)C(C)(C)C)c1. The number of benzene rings is 2. The number of nitrogens with zero attached hydrogens (tertiary/aromatic N) is 1. The second-order valence-electron chi connectivity index (χ2n) is 11.3. The molecule has 0 aliphatic carbocycles. The minimum absolute atomic E-state index is 0.328. The van der Waals surface area contributed by atoms with Crippen molar-refractivity contribution in [3.63, 3.8) is 0 Å². The molecule has 0 heterocycles. The third kappa shape index (κ3) is 7.57. The number of ether oxygens (including phenoxy) is 1. The number of hydrogen-bond acceptors (Lipinski definition) is 4. The van der Waals surface area contributed by atoms with Gasteiger partial charge in [0.1, 0.15) is 17.7 Å². The first-order valence-corrected chi connectivity index (χ1v) is 12.3. The molecule has 2 atom stereocenters. The Kier molecular flexibility index (Phi) is 8.94. The van der Waals surface area contributed by atoms with Gasteiger partial charge in [0.05, 0.1) is 0 Å². The van der Waals surface area contributed by atoms with Crippen molar-refractivity contribution in [1.82, 2.24) is 10.2 Å². The Balaban J connectivity index is 2.56. The molecule has 3 amide bonds. The van der Waals surface area contributed by atoms with Gasteiger partial charge >= 0.3 is 6.09 Å². The van der Waals surface area contributed by atoms with Crippen LogP contribution < -0.4 is 10.6 Å². The van der Waals surface area contributed by atoms with Gasteiger partial charge < -0.3 is 20.3 Å². The Morgan fingerprint density at radius 2 is 1.50 bits per heavy atom. The second-order valence-corrected chi connectivity index (χ2v) is 11.3. The van der Waals surface area contributed by atoms with Gasteiger partial charge in [0.25, 0.3) is 5.91 Å². The van der Waals surface area contributed by atoms with Crippen molar-refractivity contribution < 1.29 is 19.1 Å². The highest BCUT2D eigenvalue weighted by Gasteiger charge is 2.41. The molecule has 0 aliphatic heterocycles. The molecule has 0 aliphatic rings. The summed E-state index contributed by atoms with van der Waals surface area (Å²) in [7, 11) is 0. The first-order chi connectivity index (χ1) is 16.5. The van der Waals surface area contributed by atoms with E-state index in [-0.39, 0.29) is 11.8 Å². The number of nitrogens with one attached hydrogen (secondary N) is 2. The zero-order valence-corrected chi connectivity index (χ0v) is 23.3. The highest BCUT2D eigenvalue weighted by molar-refractivity contribution is 5.99. The van der Waals surface area contributed by atoms with Gasteiger partial charge in [-0.2, -0.15) is 0 Å². The fourth-order valence-electron chi connectivity index (χ4n) is 3.97. The van der Waals surface area contributed by atoms with Crippen molar-refractivity contribution in [1.29, 1.82) is 0 Å². The number of amides is 3. The number of para-hydroxylation sites is 1. The average molecular weight is 496 g/mol. The lowest BCUT2D eigenvalue weighted by Gasteiger charge is -2.43. The monoisotopic (exact) mass is 495 g/mol. The molecular weight excluding hydrogens is 454 g/mol. The Morgan fingerprint density at radius 3 is 2.06 bits per heavy atom. The van der Waals surface area contributed by atoms with Gasteiger partial charge in [-0.3, -0.25) is 9.59 Å². The zero-order chi connectivity index (χ0) is 27.4. The number of anilines is 1. The molecular formula is C29H41N3O4. The molecule has 2 N–H and O–H groups in total. The molecule has 7 heteroatoms. The highest BCUT2D eigenvalue weighted by atomic mass is 16.6. The van der Waals surface area contributed by atoms with E-state index in [1.807, 2.05) is 84.0 Å². The van der Waals surface area contributed by atoms with Crippen LogP contribution in [0.4, 0.5) is 10.5 Å². The lowest BCUT2D eigenvalue weighted by molar-refractivity contribution is -0.146. The summed E-state index contributed by atoms with van der Waals surface area (Å²) in [4.78, 5) is 41.8. The number of hydrogen-bond donors (Lipinski definition) is 2. The molecule has 0 saturated carbocycles. The van der Waals surface area contributed by atoms with Gasteiger partial charge in [-0.25, -0.2) is 4.79 Å². The third-order valence-electron chi connectivity index (χ3n) is 5.70. The van der Waals surface area contributed by atoms with Crippen LogP contribution in [0.2, 0.25) is 0 Å². The predicted octanol–water partition coefficient (Wildman–Crippen LogP) is 5.83. The largest absolute Gasteiger partial charge is 0.444 e. The Hall–Kier alpha value is -3.35. The lowest BCUT2D eigenvalue weighted by atomic mass is 9.92. The molecule has 2 aromatic carbocycles. The van der Waals surface area contributed by atoms with Crippen LogP contribution in [0.1, 0.15) is 76.8 Å². The quantitative estimate of drug-likeness (QED) is 0.528. The van der Waals surface area contributed by atoms with E-state index < -0.39 is 29.3 Å². The smallest absolute Gasteiger partial charge is 0.408 e. The normalized spacial score (nSPS) is 13.4. The van der Waals surface area contributed by atoms with Crippen molar-refractivity contribution in [2.45, 2.75) is 92.5 Å².